The molecule has 0 fully saturated rings. The number of anilines is 4. The van der Waals surface area contributed by atoms with E-state index in [1.807, 2.05) is 54.6 Å². The summed E-state index contributed by atoms with van der Waals surface area (Å²) < 4.78 is 10.4. The van der Waals surface area contributed by atoms with Crippen LogP contribution in [0.3, 0.4) is 0 Å². The van der Waals surface area contributed by atoms with Gasteiger partial charge in [-0.05, 0) is 55.3 Å². The molecule has 9 heteroatoms. The molecule has 40 heavy (non-hydrogen) atoms. The zero-order valence-corrected chi connectivity index (χ0v) is 22.7. The van der Waals surface area contributed by atoms with Gasteiger partial charge < -0.3 is 19.7 Å². The van der Waals surface area contributed by atoms with Crippen LogP contribution in [0, 0.1) is 0 Å². The average Bonchev–Trinajstić information content (AvgIpc) is 2.98. The number of carbonyl (C=O) groups excluding carboxylic acids is 1. The highest BCUT2D eigenvalue weighted by atomic mass is 16.5. The third kappa shape index (κ3) is 5.63. The van der Waals surface area contributed by atoms with Gasteiger partial charge in [0.25, 0.3) is 10.9 Å². The predicted molar refractivity (Wildman–Crippen MR) is 157 cm³/mol. The van der Waals surface area contributed by atoms with Gasteiger partial charge in [-0.25, -0.2) is 0 Å². The first kappa shape index (κ1) is 26.8. The van der Waals surface area contributed by atoms with E-state index in [-0.39, 0.29) is 24.0 Å². The number of rotatable bonds is 10. The summed E-state index contributed by atoms with van der Waals surface area (Å²) in [5, 5.41) is 5.16. The number of fused-ring (bicyclic) bond motifs is 1. The van der Waals surface area contributed by atoms with Crippen molar-refractivity contribution in [1.82, 2.24) is 0 Å². The molecule has 0 saturated heterocycles. The molecule has 0 saturated carbocycles. The maximum Gasteiger partial charge on any atom is 0.307 e. The molecule has 2 N–H and O–H groups in total. The van der Waals surface area contributed by atoms with Gasteiger partial charge in [0, 0.05) is 12.2 Å². The van der Waals surface area contributed by atoms with E-state index in [4.69, 9.17) is 9.47 Å². The Morgan fingerprint density at radius 2 is 1.62 bits per heavy atom. The van der Waals surface area contributed by atoms with Crippen LogP contribution < -0.4 is 36.2 Å². The van der Waals surface area contributed by atoms with Crippen molar-refractivity contribution in [1.29, 1.82) is 0 Å². The Bertz CT molecular complexity index is 1540. The van der Waals surface area contributed by atoms with Gasteiger partial charge in [0.15, 0.2) is 5.75 Å². The SMILES string of the molecule is COC(=O)CC(Nc1c(OC(C)C)c(=O)c1=O)c1ccc(NN2CN(c3ccccc3)Cc3ccccc32)cc1. The van der Waals surface area contributed by atoms with Gasteiger partial charge in [0.1, 0.15) is 12.4 Å². The van der Waals surface area contributed by atoms with Crippen molar-refractivity contribution in [3.63, 3.8) is 0 Å². The monoisotopic (exact) mass is 540 g/mol. The third-order valence-corrected chi connectivity index (χ3v) is 6.79. The van der Waals surface area contributed by atoms with Crippen molar-refractivity contribution in [3.8, 4) is 5.75 Å². The minimum absolute atomic E-state index is 0.000105. The van der Waals surface area contributed by atoms with Crippen LogP contribution in [-0.4, -0.2) is 25.9 Å². The summed E-state index contributed by atoms with van der Waals surface area (Å²) in [5.74, 6) is -0.449. The molecule has 0 radical (unpaired) electrons. The molecule has 9 nitrogen and oxygen atoms in total. The van der Waals surface area contributed by atoms with Crippen molar-refractivity contribution in [2.45, 2.75) is 39.0 Å². The van der Waals surface area contributed by atoms with Crippen molar-refractivity contribution in [2.75, 3.05) is 34.4 Å². The molecule has 1 unspecified atom stereocenters. The predicted octanol–water partition coefficient (Wildman–Crippen LogP) is 4.60. The molecule has 1 aliphatic heterocycles. The molecule has 0 spiro atoms. The lowest BCUT2D eigenvalue weighted by atomic mass is 10.0. The van der Waals surface area contributed by atoms with Gasteiger partial charge in [-0.2, -0.15) is 0 Å². The van der Waals surface area contributed by atoms with E-state index in [1.54, 1.807) is 13.8 Å². The smallest absolute Gasteiger partial charge is 0.307 e. The fraction of sp³-hybridized carbons (Fsp3) is 0.258. The standard InChI is InChI=1S/C31H32N4O5/c1-20(2)40-31-28(29(37)30(31)38)32-25(17-27(36)39-3)21-13-15-23(16-14-21)33-35-19-34(24-10-5-4-6-11-24)18-22-9-7-8-12-26(22)35/h4-16,20,25,32-33H,17-19H2,1-3H3. The highest BCUT2D eigenvalue weighted by Gasteiger charge is 2.28. The van der Waals surface area contributed by atoms with Crippen LogP contribution >= 0.6 is 0 Å². The summed E-state index contributed by atoms with van der Waals surface area (Å²) in [7, 11) is 1.31. The normalized spacial score (nSPS) is 13.6. The summed E-state index contributed by atoms with van der Waals surface area (Å²) >= 11 is 0. The van der Waals surface area contributed by atoms with Gasteiger partial charge in [-0.15, -0.1) is 0 Å². The number of nitrogens with one attached hydrogen (secondary N) is 2. The van der Waals surface area contributed by atoms with Crippen molar-refractivity contribution < 1.29 is 14.3 Å². The molecule has 0 amide bonds. The maximum absolute atomic E-state index is 12.3. The van der Waals surface area contributed by atoms with Gasteiger partial charge in [0.2, 0.25) is 0 Å². The number of carbonyl (C=O) groups is 1. The molecule has 0 aliphatic carbocycles. The van der Waals surface area contributed by atoms with Crippen LogP contribution in [0.5, 0.6) is 5.75 Å². The maximum atomic E-state index is 12.3. The number of hydrogen-bond acceptors (Lipinski definition) is 9. The molecule has 4 aromatic carbocycles. The topological polar surface area (TPSA) is 100 Å². The zero-order chi connectivity index (χ0) is 28.2. The highest BCUT2D eigenvalue weighted by molar-refractivity contribution is 5.72. The number of hydrazine groups is 1. The number of methoxy groups -OCH3 is 1. The summed E-state index contributed by atoms with van der Waals surface area (Å²) in [4.78, 5) is 38.8. The molecule has 4 aromatic rings. The van der Waals surface area contributed by atoms with E-state index in [0.29, 0.717) is 6.67 Å². The van der Waals surface area contributed by atoms with E-state index in [1.165, 1.54) is 12.7 Å². The minimum Gasteiger partial charge on any atom is -0.485 e. The van der Waals surface area contributed by atoms with Gasteiger partial charge >= 0.3 is 5.97 Å². The molecule has 1 atom stereocenters. The Morgan fingerprint density at radius 1 is 0.925 bits per heavy atom. The Morgan fingerprint density at radius 3 is 2.33 bits per heavy atom. The van der Waals surface area contributed by atoms with Crippen molar-refractivity contribution in [2.24, 2.45) is 0 Å². The van der Waals surface area contributed by atoms with Crippen LogP contribution in [0.2, 0.25) is 0 Å². The summed E-state index contributed by atoms with van der Waals surface area (Å²) in [6.45, 7) is 4.99. The first-order valence-corrected chi connectivity index (χ1v) is 13.2. The first-order chi connectivity index (χ1) is 19.3. The third-order valence-electron chi connectivity index (χ3n) is 6.79. The summed E-state index contributed by atoms with van der Waals surface area (Å²) in [6.07, 6.45) is -0.305. The molecular weight excluding hydrogens is 508 g/mol. The second kappa shape index (κ2) is 11.5. The average molecular weight is 541 g/mol. The van der Waals surface area contributed by atoms with Crippen LogP contribution in [-0.2, 0) is 16.1 Å². The summed E-state index contributed by atoms with van der Waals surface area (Å²) in [6, 6.07) is 25.6. The Kier molecular flexibility index (Phi) is 7.72. The fourth-order valence-electron chi connectivity index (χ4n) is 4.79. The quantitative estimate of drug-likeness (QED) is 0.221. The van der Waals surface area contributed by atoms with Crippen LogP contribution in [0.15, 0.2) is 88.5 Å². The summed E-state index contributed by atoms with van der Waals surface area (Å²) in [5.41, 5.74) is 7.31. The number of ether oxygens (including phenoxy) is 2. The molecule has 0 aromatic heterocycles. The van der Waals surface area contributed by atoms with Gasteiger partial charge in [-0.1, -0.05) is 48.5 Å². The van der Waals surface area contributed by atoms with Crippen LogP contribution in [0.1, 0.15) is 37.4 Å². The molecule has 5 rings (SSSR count). The second-order valence-corrected chi connectivity index (χ2v) is 9.97. The molecule has 1 heterocycles. The van der Waals surface area contributed by atoms with Crippen molar-refractivity contribution in [3.05, 3.63) is 110 Å². The Hall–Kier alpha value is -4.79. The van der Waals surface area contributed by atoms with Crippen LogP contribution in [0.25, 0.3) is 0 Å². The van der Waals surface area contributed by atoms with Gasteiger partial charge in [-0.3, -0.25) is 24.8 Å². The Balaban J connectivity index is 1.37. The molecule has 206 valence electrons. The van der Waals surface area contributed by atoms with Crippen LogP contribution in [0.4, 0.5) is 22.7 Å². The number of esters is 1. The fourth-order valence-corrected chi connectivity index (χ4v) is 4.79. The molecule has 0 bridgehead atoms. The van der Waals surface area contributed by atoms with Crippen molar-refractivity contribution >= 4 is 28.7 Å². The van der Waals surface area contributed by atoms with E-state index >= 15 is 0 Å². The largest absolute Gasteiger partial charge is 0.485 e. The zero-order valence-electron chi connectivity index (χ0n) is 22.7. The second-order valence-electron chi connectivity index (χ2n) is 9.97. The van der Waals surface area contributed by atoms with E-state index < -0.39 is 22.9 Å². The number of hydrogen-bond donors (Lipinski definition) is 2. The van der Waals surface area contributed by atoms with E-state index in [0.717, 1.165) is 29.2 Å². The number of nitrogens with zero attached hydrogens (tertiary/aromatic N) is 2. The highest BCUT2D eigenvalue weighted by Crippen LogP contribution is 2.32. The number of para-hydroxylation sites is 2. The molecular formula is C31H32N4O5. The molecule has 1 aliphatic rings. The minimum atomic E-state index is -0.668. The van der Waals surface area contributed by atoms with Gasteiger partial charge in [0.05, 0.1) is 37.1 Å². The lowest BCUT2D eigenvalue weighted by molar-refractivity contribution is -0.140. The van der Waals surface area contributed by atoms with E-state index in [2.05, 4.69) is 44.9 Å². The Labute approximate surface area is 232 Å². The lowest BCUT2D eigenvalue weighted by Gasteiger charge is -2.40. The lowest BCUT2D eigenvalue weighted by Crippen LogP contribution is -2.45. The van der Waals surface area contributed by atoms with E-state index in [9.17, 15) is 14.4 Å². The first-order valence-electron chi connectivity index (χ1n) is 13.2. The number of benzene rings is 3.